The molecule has 7 heteroatoms. The predicted molar refractivity (Wildman–Crippen MR) is 125 cm³/mol. The van der Waals surface area contributed by atoms with Crippen molar-refractivity contribution in [2.45, 2.75) is 51.0 Å². The highest BCUT2D eigenvalue weighted by molar-refractivity contribution is 5.88. The first-order valence-corrected chi connectivity index (χ1v) is 11.3. The van der Waals surface area contributed by atoms with Crippen LogP contribution in [0.3, 0.4) is 0 Å². The van der Waals surface area contributed by atoms with Gasteiger partial charge in [-0.1, -0.05) is 24.3 Å². The minimum absolute atomic E-state index is 0.0445. The number of carbonyl (C=O) groups is 1. The van der Waals surface area contributed by atoms with Crippen molar-refractivity contribution in [3.05, 3.63) is 70.0 Å². The number of pyridine rings is 1. The number of methoxy groups -OCH3 is 1. The number of carbonyl (C=O) groups excluding carboxylic acids is 1. The van der Waals surface area contributed by atoms with E-state index in [9.17, 15) is 14.7 Å². The van der Waals surface area contributed by atoms with Crippen LogP contribution in [0, 0.1) is 0 Å². The van der Waals surface area contributed by atoms with Crippen LogP contribution in [0.5, 0.6) is 11.5 Å². The van der Waals surface area contributed by atoms with Crippen LogP contribution >= 0.6 is 0 Å². The lowest BCUT2D eigenvalue weighted by Gasteiger charge is -2.45. The number of aliphatic hydroxyl groups excluding tert-OH is 1. The quantitative estimate of drug-likeness (QED) is 0.663. The number of nitrogens with zero attached hydrogens (tertiary/aromatic N) is 2. The molecule has 2 aromatic carbocycles. The summed E-state index contributed by atoms with van der Waals surface area (Å²) in [6.45, 7) is 4.45. The second-order valence-corrected chi connectivity index (χ2v) is 9.29. The van der Waals surface area contributed by atoms with E-state index in [2.05, 4.69) is 0 Å². The Balaban J connectivity index is 1.74. The van der Waals surface area contributed by atoms with Gasteiger partial charge in [0.05, 0.1) is 30.8 Å². The number of likely N-dealkylation sites (tertiary alicyclic amines) is 1. The van der Waals surface area contributed by atoms with Crippen LogP contribution in [0.1, 0.15) is 43.9 Å². The van der Waals surface area contributed by atoms with Crippen LogP contribution in [0.4, 0.5) is 0 Å². The van der Waals surface area contributed by atoms with E-state index in [-0.39, 0.29) is 11.5 Å². The standard InChI is InChI=1S/C26H28N2O5/c1-26(2)24(30)22(27-14-6-9-20(27)29)21-23(33-26)18-7-4-5-8-19(18)28(25(21)31)15-16-10-12-17(32-3)13-11-16/h4-5,7-8,10-13,22,24,30H,6,9,14-15H2,1-3H3/t22-,24+/m1/s1. The lowest BCUT2D eigenvalue weighted by atomic mass is 9.85. The summed E-state index contributed by atoms with van der Waals surface area (Å²) in [6, 6.07) is 14.4. The third kappa shape index (κ3) is 3.47. The van der Waals surface area contributed by atoms with E-state index in [0.29, 0.717) is 37.2 Å². The van der Waals surface area contributed by atoms with Crippen LogP contribution in [-0.2, 0) is 11.3 Å². The van der Waals surface area contributed by atoms with Gasteiger partial charge in [-0.15, -0.1) is 0 Å². The van der Waals surface area contributed by atoms with E-state index < -0.39 is 17.7 Å². The van der Waals surface area contributed by atoms with E-state index in [1.807, 2.05) is 48.5 Å². The normalized spacial score (nSPS) is 21.7. The van der Waals surface area contributed by atoms with E-state index in [1.165, 1.54) is 0 Å². The second kappa shape index (κ2) is 7.92. The van der Waals surface area contributed by atoms with E-state index in [1.54, 1.807) is 30.4 Å². The van der Waals surface area contributed by atoms with Gasteiger partial charge in [0.15, 0.2) is 0 Å². The van der Waals surface area contributed by atoms with Crippen LogP contribution in [-0.4, -0.2) is 45.8 Å². The Hall–Kier alpha value is -3.32. The zero-order chi connectivity index (χ0) is 23.3. The fraction of sp³-hybridized carbons (Fsp3) is 0.385. The molecule has 0 spiro atoms. The van der Waals surface area contributed by atoms with Gasteiger partial charge in [-0.2, -0.15) is 0 Å². The number of aliphatic hydroxyl groups is 1. The summed E-state index contributed by atoms with van der Waals surface area (Å²) in [4.78, 5) is 28.4. The monoisotopic (exact) mass is 448 g/mol. The maximum Gasteiger partial charge on any atom is 0.260 e. The molecule has 5 rings (SSSR count). The molecule has 0 aliphatic carbocycles. The Morgan fingerprint density at radius 2 is 1.85 bits per heavy atom. The van der Waals surface area contributed by atoms with Gasteiger partial charge >= 0.3 is 0 Å². The summed E-state index contributed by atoms with van der Waals surface area (Å²) in [5.41, 5.74) is 0.825. The van der Waals surface area contributed by atoms with Gasteiger partial charge in [0.2, 0.25) is 5.91 Å². The Morgan fingerprint density at radius 1 is 1.12 bits per heavy atom. The van der Waals surface area contributed by atoms with Crippen LogP contribution < -0.4 is 15.0 Å². The van der Waals surface area contributed by atoms with Gasteiger partial charge in [-0.25, -0.2) is 0 Å². The molecular formula is C26H28N2O5. The van der Waals surface area contributed by atoms with Crippen molar-refractivity contribution >= 4 is 16.8 Å². The van der Waals surface area contributed by atoms with Crippen molar-refractivity contribution in [1.29, 1.82) is 0 Å². The van der Waals surface area contributed by atoms with Gasteiger partial charge in [0, 0.05) is 18.4 Å². The molecule has 1 N–H and O–H groups in total. The zero-order valence-corrected chi connectivity index (χ0v) is 19.1. The highest BCUT2D eigenvalue weighted by Gasteiger charge is 2.49. The second-order valence-electron chi connectivity index (χ2n) is 9.29. The molecule has 7 nitrogen and oxygen atoms in total. The summed E-state index contributed by atoms with van der Waals surface area (Å²) in [6.07, 6.45) is 0.107. The van der Waals surface area contributed by atoms with Crippen molar-refractivity contribution < 1.29 is 19.4 Å². The number of aromatic nitrogens is 1. The minimum Gasteiger partial charge on any atom is -0.497 e. The first-order valence-electron chi connectivity index (χ1n) is 11.3. The number of para-hydroxylation sites is 1. The fourth-order valence-electron chi connectivity index (χ4n) is 4.99. The van der Waals surface area contributed by atoms with Crippen molar-refractivity contribution in [3.63, 3.8) is 0 Å². The molecule has 3 heterocycles. The zero-order valence-electron chi connectivity index (χ0n) is 19.1. The summed E-state index contributed by atoms with van der Waals surface area (Å²) in [5.74, 6) is 1.16. The van der Waals surface area contributed by atoms with Gasteiger partial charge < -0.3 is 24.0 Å². The highest BCUT2D eigenvalue weighted by atomic mass is 16.5. The van der Waals surface area contributed by atoms with Gasteiger partial charge in [0.1, 0.15) is 23.2 Å². The SMILES string of the molecule is COc1ccc(Cn2c(=O)c3c(c4ccccc42)OC(C)(C)[C@@H](O)[C@@H]3N2CCCC2=O)cc1. The molecule has 3 aromatic rings. The van der Waals surface area contributed by atoms with E-state index >= 15 is 0 Å². The van der Waals surface area contributed by atoms with Gasteiger partial charge in [-0.05, 0) is 50.1 Å². The lowest BCUT2D eigenvalue weighted by molar-refractivity contribution is -0.139. The molecule has 172 valence electrons. The largest absolute Gasteiger partial charge is 0.497 e. The molecule has 1 aromatic heterocycles. The maximum atomic E-state index is 14.0. The number of rotatable bonds is 4. The highest BCUT2D eigenvalue weighted by Crippen LogP contribution is 2.45. The molecule has 1 amide bonds. The third-order valence-corrected chi connectivity index (χ3v) is 6.78. The van der Waals surface area contributed by atoms with Crippen molar-refractivity contribution in [2.75, 3.05) is 13.7 Å². The number of fused-ring (bicyclic) bond motifs is 3. The van der Waals surface area contributed by atoms with Crippen LogP contribution in [0.2, 0.25) is 0 Å². The van der Waals surface area contributed by atoms with E-state index in [4.69, 9.17) is 9.47 Å². The molecule has 0 bridgehead atoms. The summed E-state index contributed by atoms with van der Waals surface area (Å²) < 4.78 is 13.2. The fourth-order valence-corrected chi connectivity index (χ4v) is 4.99. The maximum absolute atomic E-state index is 14.0. The molecule has 1 saturated heterocycles. The molecule has 1 fully saturated rings. The molecule has 2 aliphatic heterocycles. The lowest BCUT2D eigenvalue weighted by Crippen LogP contribution is -2.56. The van der Waals surface area contributed by atoms with Crippen molar-refractivity contribution in [2.24, 2.45) is 0 Å². The number of amides is 1. The molecule has 2 atom stereocenters. The number of benzene rings is 2. The smallest absolute Gasteiger partial charge is 0.260 e. The van der Waals surface area contributed by atoms with Crippen LogP contribution in [0.15, 0.2) is 53.3 Å². The molecule has 2 aliphatic rings. The molecule has 33 heavy (non-hydrogen) atoms. The Morgan fingerprint density at radius 3 is 2.52 bits per heavy atom. The topological polar surface area (TPSA) is 81.0 Å². The minimum atomic E-state index is -1.03. The predicted octanol–water partition coefficient (Wildman–Crippen LogP) is 3.25. The molecule has 0 unspecified atom stereocenters. The number of hydrogen-bond donors (Lipinski definition) is 1. The Bertz CT molecular complexity index is 1280. The number of hydrogen-bond acceptors (Lipinski definition) is 5. The van der Waals surface area contributed by atoms with Gasteiger partial charge in [-0.3, -0.25) is 9.59 Å². The summed E-state index contributed by atoms with van der Waals surface area (Å²) in [5, 5.41) is 12.1. The molecule has 0 saturated carbocycles. The Labute approximate surface area is 192 Å². The molecule has 0 radical (unpaired) electrons. The third-order valence-electron chi connectivity index (χ3n) is 6.78. The first kappa shape index (κ1) is 21.5. The Kier molecular flexibility index (Phi) is 5.16. The van der Waals surface area contributed by atoms with Crippen molar-refractivity contribution in [3.8, 4) is 11.5 Å². The van der Waals surface area contributed by atoms with Gasteiger partial charge in [0.25, 0.3) is 5.56 Å². The van der Waals surface area contributed by atoms with E-state index in [0.717, 1.165) is 22.2 Å². The average molecular weight is 449 g/mol. The summed E-state index contributed by atoms with van der Waals surface area (Å²) in [7, 11) is 1.61. The first-order chi connectivity index (χ1) is 15.8. The van der Waals surface area contributed by atoms with Crippen molar-refractivity contribution in [1.82, 2.24) is 9.47 Å². The summed E-state index contributed by atoms with van der Waals surface area (Å²) >= 11 is 0. The molecular weight excluding hydrogens is 420 g/mol. The average Bonchev–Trinajstić information content (AvgIpc) is 3.23. The van der Waals surface area contributed by atoms with Crippen LogP contribution in [0.25, 0.3) is 10.9 Å². The number of ether oxygens (including phenoxy) is 2.